The Labute approximate surface area is 267 Å². The lowest BCUT2D eigenvalue weighted by atomic mass is 10.3. The third-order valence-corrected chi connectivity index (χ3v) is 8.46. The van der Waals surface area contributed by atoms with Gasteiger partial charge in [0, 0.05) is 24.6 Å². The lowest BCUT2D eigenvalue weighted by Gasteiger charge is -2.16. The largest absolute Gasteiger partial charge is 0.218 e. The van der Waals surface area contributed by atoms with E-state index in [1.807, 2.05) is 0 Å². The van der Waals surface area contributed by atoms with Crippen LogP contribution in [0.25, 0.3) is 0 Å². The van der Waals surface area contributed by atoms with Crippen molar-refractivity contribution in [3.05, 3.63) is 17.5 Å². The average Bonchev–Trinajstić information content (AvgIpc) is 2.31. The zero-order valence-corrected chi connectivity index (χ0v) is 33.2. The molecule has 0 aromatic carbocycles. The topological polar surface area (TPSA) is 38.7 Å². The second-order valence-electron chi connectivity index (χ2n) is 4.71. The minimum atomic E-state index is -0.439. The molecule has 0 saturated heterocycles. The first-order valence-electron chi connectivity index (χ1n) is 6.35. The van der Waals surface area contributed by atoms with Gasteiger partial charge in [0.2, 0.25) is 0 Å². The third-order valence-electron chi connectivity index (χ3n) is 2.00. The van der Waals surface area contributed by atoms with Crippen LogP contribution in [-0.4, -0.2) is 28.9 Å². The minimum absolute atomic E-state index is 0.104. The molecule has 0 aliphatic rings. The lowest BCUT2D eigenvalue weighted by molar-refractivity contribution is 0.760. The average molecular weight is 1220 g/mol. The summed E-state index contributed by atoms with van der Waals surface area (Å²) in [7, 11) is 0. The minimum Gasteiger partial charge on any atom is -0.218 e. The van der Waals surface area contributed by atoms with E-state index in [-0.39, 0.29) is 2.14 Å². The van der Waals surface area contributed by atoms with Gasteiger partial charge in [0.15, 0.2) is 0 Å². The Morgan fingerprint density at radius 3 is 0.741 bits per heavy atom. The van der Waals surface area contributed by atoms with E-state index < -0.39 is 6.43 Å². The highest BCUT2D eigenvalue weighted by atomic mass is 80.0. The predicted octanol–water partition coefficient (Wildman–Crippen LogP) is 10.2. The fraction of sp³-hybridized carbons (Fsp3) is 0.727. The number of rotatable bonds is 3. The molecule has 0 amide bonds. The summed E-state index contributed by atoms with van der Waals surface area (Å²) in [5.74, 6) is 2.03. The fourth-order valence-corrected chi connectivity index (χ4v) is 3.55. The number of halogens is 13. The normalized spacial score (nSPS) is 13.2. The van der Waals surface area contributed by atoms with Crippen molar-refractivity contribution in [2.75, 3.05) is 5.33 Å². The first-order valence-corrected chi connectivity index (χ1v) is 17.0. The Kier molecular flexibility index (Phi) is 16.7. The van der Waals surface area contributed by atoms with Crippen molar-refractivity contribution < 1.29 is 0 Å². The molecule has 0 unspecified atom stereocenters. The Balaban J connectivity index is 0.000000972. The van der Waals surface area contributed by atoms with Gasteiger partial charge in [-0.3, -0.25) is 0 Å². The van der Waals surface area contributed by atoms with Crippen molar-refractivity contribution in [3.63, 3.8) is 0 Å². The second-order valence-corrected chi connectivity index (χ2v) is 34.3. The molecule has 158 valence electrons. The Morgan fingerprint density at radius 1 is 0.444 bits per heavy atom. The molecule has 1 rings (SSSR count). The van der Waals surface area contributed by atoms with E-state index in [9.17, 15) is 0 Å². The van der Waals surface area contributed by atoms with Crippen LogP contribution in [-0.2, 0) is 19.3 Å². The van der Waals surface area contributed by atoms with Gasteiger partial charge < -0.3 is 0 Å². The molecule has 0 saturated carbocycles. The van der Waals surface area contributed by atoms with Gasteiger partial charge in [-0.1, -0.05) is 207 Å². The van der Waals surface area contributed by atoms with Gasteiger partial charge in [-0.25, -0.2) is 15.0 Å². The number of hydrogen-bond acceptors (Lipinski definition) is 3. The highest BCUT2D eigenvalue weighted by Gasteiger charge is 2.27. The van der Waals surface area contributed by atoms with Gasteiger partial charge in [0.1, 0.15) is 26.0 Å². The number of nitrogens with zero attached hydrogens (tertiary/aromatic N) is 3. The van der Waals surface area contributed by atoms with Crippen LogP contribution >= 0.6 is 207 Å². The number of hydrogen-bond donors (Lipinski definition) is 0. The lowest BCUT2D eigenvalue weighted by Crippen LogP contribution is -2.18. The summed E-state index contributed by atoms with van der Waals surface area (Å²) in [4.78, 5) is 13.5. The summed E-state index contributed by atoms with van der Waals surface area (Å²) in [6.07, 6.45) is 1.65. The van der Waals surface area contributed by atoms with Crippen LogP contribution < -0.4 is 0 Å². The van der Waals surface area contributed by atoms with Crippen LogP contribution in [0, 0.1) is 0 Å². The third kappa shape index (κ3) is 21.5. The molecular formula is C11H8Br13N3. The van der Waals surface area contributed by atoms with Crippen molar-refractivity contribution >= 4 is 207 Å². The van der Waals surface area contributed by atoms with Gasteiger partial charge in [-0.15, -0.1) is 0 Å². The molecule has 1 heterocycles. The molecule has 27 heavy (non-hydrogen) atoms. The summed E-state index contributed by atoms with van der Waals surface area (Å²) in [6.45, 7) is 0. The maximum absolute atomic E-state index is 4.49. The molecule has 1 aromatic rings. The van der Waals surface area contributed by atoms with E-state index in [2.05, 4.69) is 222 Å². The predicted molar refractivity (Wildman–Crippen MR) is 163 cm³/mol. The number of aromatic nitrogens is 3. The van der Waals surface area contributed by atoms with E-state index in [0.717, 1.165) is 5.33 Å². The fourth-order valence-electron chi connectivity index (χ4n) is 1.30. The Morgan fingerprint density at radius 2 is 0.630 bits per heavy atom. The van der Waals surface area contributed by atoms with Crippen LogP contribution in [0.4, 0.5) is 0 Å². The molecule has 0 atom stereocenters. The second kappa shape index (κ2) is 14.0. The summed E-state index contributed by atoms with van der Waals surface area (Å²) in [6, 6.07) is 0. The first-order chi connectivity index (χ1) is 11.8. The van der Waals surface area contributed by atoms with E-state index >= 15 is 0 Å². The van der Waals surface area contributed by atoms with Gasteiger partial charge in [0.25, 0.3) is 0 Å². The molecule has 0 radical (unpaired) electrons. The highest BCUT2D eigenvalue weighted by Crippen LogP contribution is 2.39. The zero-order chi connectivity index (χ0) is 21.7. The van der Waals surface area contributed by atoms with E-state index in [1.54, 1.807) is 0 Å². The van der Waals surface area contributed by atoms with E-state index in [1.165, 1.54) is 0 Å². The number of alkyl halides is 13. The molecule has 1 aromatic heterocycles. The SMILES string of the molecule is BrC(Br)(Br)Cc1nc(CC(Br)(Br)Br)nc(CC(Br)(Br)Br)n1.BrCC(Br)(Br)Br. The summed E-state index contributed by atoms with van der Waals surface area (Å²) >= 11 is 44.2. The monoisotopic (exact) mass is 1210 g/mol. The van der Waals surface area contributed by atoms with Crippen molar-refractivity contribution in [2.45, 2.75) is 27.8 Å². The molecule has 0 fully saturated rings. The molecule has 3 nitrogen and oxygen atoms in total. The van der Waals surface area contributed by atoms with Crippen molar-refractivity contribution in [2.24, 2.45) is 0 Å². The van der Waals surface area contributed by atoms with Gasteiger partial charge in [-0.2, -0.15) is 0 Å². The Hall–Kier alpha value is 5.25. The summed E-state index contributed by atoms with van der Waals surface area (Å²) in [5.41, 5.74) is 0. The molecular weight excluding hydrogens is 1210 g/mol. The molecule has 0 bridgehead atoms. The van der Waals surface area contributed by atoms with Crippen LogP contribution in [0.15, 0.2) is 0 Å². The smallest absolute Gasteiger partial charge is 0.144 e. The van der Waals surface area contributed by atoms with Crippen LogP contribution in [0.5, 0.6) is 0 Å². The van der Waals surface area contributed by atoms with E-state index in [0.29, 0.717) is 36.7 Å². The molecule has 0 N–H and O–H groups in total. The van der Waals surface area contributed by atoms with Gasteiger partial charge in [-0.05, 0) is 0 Å². The van der Waals surface area contributed by atoms with Crippen molar-refractivity contribution in [1.29, 1.82) is 0 Å². The maximum Gasteiger partial charge on any atom is 0.144 e. The van der Waals surface area contributed by atoms with Crippen LogP contribution in [0.1, 0.15) is 17.5 Å². The van der Waals surface area contributed by atoms with Crippen molar-refractivity contribution in [1.82, 2.24) is 15.0 Å². The van der Waals surface area contributed by atoms with E-state index in [4.69, 9.17) is 0 Å². The van der Waals surface area contributed by atoms with Gasteiger partial charge in [0.05, 0.1) is 0 Å². The Bertz CT molecular complexity index is 501. The van der Waals surface area contributed by atoms with Crippen molar-refractivity contribution in [3.8, 4) is 0 Å². The molecule has 0 spiro atoms. The standard InChI is InChI=1S/C9H6Br9N3.C2H2Br4/c10-7(11,12)1-4-19-5(2-8(13,14)15)21-6(20-4)3-9(16,17)18;3-1-2(4,5)6/h1-3H2;1H2. The summed E-state index contributed by atoms with van der Waals surface area (Å²) < 4.78 is -1.42. The van der Waals surface area contributed by atoms with Gasteiger partial charge >= 0.3 is 0 Å². The highest BCUT2D eigenvalue weighted by molar-refractivity contribution is 9.40. The summed E-state index contributed by atoms with van der Waals surface area (Å²) in [5, 5.41) is 0.833. The molecule has 0 aliphatic carbocycles. The molecule has 0 aliphatic heterocycles. The van der Waals surface area contributed by atoms with Crippen LogP contribution in [0.3, 0.4) is 0 Å². The zero-order valence-electron chi connectivity index (χ0n) is 12.6. The van der Waals surface area contributed by atoms with Crippen LogP contribution in [0.2, 0.25) is 0 Å². The quantitative estimate of drug-likeness (QED) is 0.283. The maximum atomic E-state index is 4.49. The first kappa shape index (κ1) is 32.2. The molecule has 16 heteroatoms.